The highest BCUT2D eigenvalue weighted by molar-refractivity contribution is 6.04. The predicted octanol–water partition coefficient (Wildman–Crippen LogP) is 1.45. The van der Waals surface area contributed by atoms with Crippen molar-refractivity contribution in [3.8, 4) is 0 Å². The number of nitrogens with zero attached hydrogens (tertiary/aromatic N) is 1. The summed E-state index contributed by atoms with van der Waals surface area (Å²) < 4.78 is 0. The lowest BCUT2D eigenvalue weighted by molar-refractivity contribution is 0.0194. The summed E-state index contributed by atoms with van der Waals surface area (Å²) in [5.41, 5.74) is -1.26. The first-order valence-electron chi connectivity index (χ1n) is 7.22. The van der Waals surface area contributed by atoms with Crippen molar-refractivity contribution >= 4 is 16.7 Å². The summed E-state index contributed by atoms with van der Waals surface area (Å²) in [6.45, 7) is 7.13. The molecule has 1 atom stereocenters. The third kappa shape index (κ3) is 3.17. The van der Waals surface area contributed by atoms with Gasteiger partial charge in [-0.15, -0.1) is 0 Å². The summed E-state index contributed by atoms with van der Waals surface area (Å²) in [4.78, 5) is 24.3. The van der Waals surface area contributed by atoms with Gasteiger partial charge < -0.3 is 10.4 Å². The van der Waals surface area contributed by atoms with Crippen molar-refractivity contribution in [2.24, 2.45) is 5.92 Å². The summed E-state index contributed by atoms with van der Waals surface area (Å²) in [5.74, 6) is -0.383. The zero-order chi connectivity index (χ0) is 16.5. The van der Waals surface area contributed by atoms with Crippen LogP contribution in [0.4, 0.5) is 0 Å². The second kappa shape index (κ2) is 5.88. The Morgan fingerprint density at radius 1 is 1.27 bits per heavy atom. The molecule has 1 aromatic heterocycles. The molecule has 0 fully saturated rings. The van der Waals surface area contributed by atoms with Crippen molar-refractivity contribution in [1.82, 2.24) is 15.5 Å². The van der Waals surface area contributed by atoms with Crippen LogP contribution >= 0.6 is 0 Å². The molecule has 0 aliphatic carbocycles. The number of carbonyl (C=O) groups is 1. The van der Waals surface area contributed by atoms with Gasteiger partial charge in [-0.2, -0.15) is 5.10 Å². The van der Waals surface area contributed by atoms with Crippen LogP contribution in [0.5, 0.6) is 0 Å². The molecule has 0 saturated carbocycles. The van der Waals surface area contributed by atoms with Crippen LogP contribution in [-0.4, -0.2) is 32.9 Å². The van der Waals surface area contributed by atoms with Crippen LogP contribution in [0.25, 0.3) is 10.8 Å². The van der Waals surface area contributed by atoms with Gasteiger partial charge in [0.25, 0.3) is 11.5 Å². The van der Waals surface area contributed by atoms with E-state index in [-0.39, 0.29) is 17.2 Å². The highest BCUT2D eigenvalue weighted by Gasteiger charge is 2.31. The van der Waals surface area contributed by atoms with Crippen LogP contribution < -0.4 is 10.9 Å². The molecular formula is C16H21N3O3. The summed E-state index contributed by atoms with van der Waals surface area (Å²) in [6, 6.07) is 6.36. The SMILES string of the molecule is CC(C)[C@H](NC(=O)c1n[nH]c(=O)c2ccccc12)C(C)(C)O. The van der Waals surface area contributed by atoms with Crippen molar-refractivity contribution < 1.29 is 9.90 Å². The van der Waals surface area contributed by atoms with E-state index >= 15 is 0 Å². The van der Waals surface area contributed by atoms with E-state index in [0.717, 1.165) is 0 Å². The van der Waals surface area contributed by atoms with E-state index in [1.807, 2.05) is 13.8 Å². The molecule has 22 heavy (non-hydrogen) atoms. The maximum absolute atomic E-state index is 12.5. The molecule has 118 valence electrons. The maximum Gasteiger partial charge on any atom is 0.272 e. The number of carbonyl (C=O) groups excluding carboxylic acids is 1. The molecule has 0 unspecified atom stereocenters. The Morgan fingerprint density at radius 3 is 2.41 bits per heavy atom. The lowest BCUT2D eigenvalue weighted by atomic mass is 9.89. The molecule has 2 rings (SSSR count). The van der Waals surface area contributed by atoms with Gasteiger partial charge in [0.1, 0.15) is 0 Å². The van der Waals surface area contributed by atoms with Gasteiger partial charge in [-0.3, -0.25) is 9.59 Å². The zero-order valence-corrected chi connectivity index (χ0v) is 13.2. The number of amides is 1. The molecule has 0 radical (unpaired) electrons. The van der Waals surface area contributed by atoms with Crippen molar-refractivity contribution in [2.75, 3.05) is 0 Å². The van der Waals surface area contributed by atoms with Crippen LogP contribution in [-0.2, 0) is 0 Å². The molecule has 1 aromatic carbocycles. The second-order valence-electron chi connectivity index (χ2n) is 6.30. The average molecular weight is 303 g/mol. The van der Waals surface area contributed by atoms with Crippen LogP contribution in [0.15, 0.2) is 29.1 Å². The Balaban J connectivity index is 2.42. The molecule has 0 aliphatic rings. The molecule has 0 aliphatic heterocycles. The number of hydrogen-bond acceptors (Lipinski definition) is 4. The number of rotatable bonds is 4. The zero-order valence-electron chi connectivity index (χ0n) is 13.2. The van der Waals surface area contributed by atoms with Gasteiger partial charge in [0.15, 0.2) is 5.69 Å². The fraction of sp³-hybridized carbons (Fsp3) is 0.438. The van der Waals surface area contributed by atoms with Gasteiger partial charge in [-0.1, -0.05) is 32.0 Å². The molecule has 6 heteroatoms. The fourth-order valence-corrected chi connectivity index (χ4v) is 2.66. The number of nitrogens with one attached hydrogen (secondary N) is 2. The molecule has 2 aromatic rings. The van der Waals surface area contributed by atoms with Crippen molar-refractivity contribution in [3.05, 3.63) is 40.3 Å². The summed E-state index contributed by atoms with van der Waals surface area (Å²) in [7, 11) is 0. The lowest BCUT2D eigenvalue weighted by Crippen LogP contribution is -2.52. The molecule has 0 spiro atoms. The van der Waals surface area contributed by atoms with Crippen LogP contribution in [0.3, 0.4) is 0 Å². The standard InChI is InChI=1S/C16H21N3O3/c1-9(2)13(16(3,4)22)17-15(21)12-10-7-5-6-8-11(10)14(20)19-18-12/h5-9,13,22H,1-4H3,(H,17,21)(H,19,20)/t13-/m0/s1. The van der Waals surface area contributed by atoms with Gasteiger partial charge in [-0.05, 0) is 25.8 Å². The van der Waals surface area contributed by atoms with E-state index in [1.54, 1.807) is 38.1 Å². The Hall–Kier alpha value is -2.21. The first kappa shape index (κ1) is 16.2. The van der Waals surface area contributed by atoms with Gasteiger partial charge in [0, 0.05) is 5.39 Å². The molecule has 6 nitrogen and oxygen atoms in total. The van der Waals surface area contributed by atoms with Crippen LogP contribution in [0, 0.1) is 5.92 Å². The Bertz CT molecular complexity index is 744. The first-order chi connectivity index (χ1) is 10.2. The normalized spacial score (nSPS) is 13.4. The van der Waals surface area contributed by atoms with E-state index < -0.39 is 17.6 Å². The number of hydrogen-bond donors (Lipinski definition) is 3. The highest BCUT2D eigenvalue weighted by Crippen LogP contribution is 2.18. The van der Waals surface area contributed by atoms with E-state index in [0.29, 0.717) is 10.8 Å². The number of aromatic amines is 1. The topological polar surface area (TPSA) is 95.1 Å². The average Bonchev–Trinajstić information content (AvgIpc) is 2.43. The third-order valence-electron chi connectivity index (χ3n) is 3.63. The summed E-state index contributed by atoms with van der Waals surface area (Å²) >= 11 is 0. The molecular weight excluding hydrogens is 282 g/mol. The molecule has 1 amide bonds. The van der Waals surface area contributed by atoms with E-state index in [9.17, 15) is 14.7 Å². The van der Waals surface area contributed by atoms with Crippen LogP contribution in [0.2, 0.25) is 0 Å². The second-order valence-corrected chi connectivity index (χ2v) is 6.30. The lowest BCUT2D eigenvalue weighted by Gasteiger charge is -2.33. The van der Waals surface area contributed by atoms with Crippen molar-refractivity contribution in [2.45, 2.75) is 39.3 Å². The summed E-state index contributed by atoms with van der Waals surface area (Å²) in [6.07, 6.45) is 0. The van der Waals surface area contributed by atoms with Crippen molar-refractivity contribution in [3.63, 3.8) is 0 Å². The number of benzene rings is 1. The minimum absolute atomic E-state index is 0.0398. The number of H-pyrrole nitrogens is 1. The molecule has 0 bridgehead atoms. The van der Waals surface area contributed by atoms with Gasteiger partial charge in [0.2, 0.25) is 0 Å². The van der Waals surface area contributed by atoms with E-state index in [1.165, 1.54) is 0 Å². The minimum Gasteiger partial charge on any atom is -0.388 e. The largest absolute Gasteiger partial charge is 0.388 e. The Morgan fingerprint density at radius 2 is 1.86 bits per heavy atom. The van der Waals surface area contributed by atoms with Crippen LogP contribution in [0.1, 0.15) is 38.2 Å². The van der Waals surface area contributed by atoms with Gasteiger partial charge >= 0.3 is 0 Å². The molecule has 0 saturated heterocycles. The molecule has 3 N–H and O–H groups in total. The monoisotopic (exact) mass is 303 g/mol. The highest BCUT2D eigenvalue weighted by atomic mass is 16.3. The number of fused-ring (bicyclic) bond motifs is 1. The van der Waals surface area contributed by atoms with Gasteiger partial charge in [-0.25, -0.2) is 5.10 Å². The smallest absolute Gasteiger partial charge is 0.272 e. The minimum atomic E-state index is -1.07. The van der Waals surface area contributed by atoms with E-state index in [2.05, 4.69) is 15.5 Å². The van der Waals surface area contributed by atoms with Crippen molar-refractivity contribution in [1.29, 1.82) is 0 Å². The Kier molecular flexibility index (Phi) is 4.32. The Labute approximate surface area is 128 Å². The quantitative estimate of drug-likeness (QED) is 0.796. The number of aliphatic hydroxyl groups is 1. The van der Waals surface area contributed by atoms with E-state index in [4.69, 9.17) is 0 Å². The predicted molar refractivity (Wildman–Crippen MR) is 84.8 cm³/mol. The number of aromatic nitrogens is 2. The summed E-state index contributed by atoms with van der Waals surface area (Å²) in [5, 5.41) is 20.1. The fourth-order valence-electron chi connectivity index (χ4n) is 2.66. The molecule has 1 heterocycles. The first-order valence-corrected chi connectivity index (χ1v) is 7.22. The van der Waals surface area contributed by atoms with Gasteiger partial charge in [0.05, 0.1) is 17.0 Å². The maximum atomic E-state index is 12.5. The third-order valence-corrected chi connectivity index (χ3v) is 3.63.